The minimum atomic E-state index is 0.317. The van der Waals surface area contributed by atoms with Crippen LogP contribution < -0.4 is 5.73 Å². The first-order valence-electron chi connectivity index (χ1n) is 7.49. The van der Waals surface area contributed by atoms with Crippen LogP contribution in [0.25, 0.3) is 0 Å². The van der Waals surface area contributed by atoms with Gasteiger partial charge in [-0.1, -0.05) is 25.7 Å². The molecule has 0 saturated carbocycles. The lowest BCUT2D eigenvalue weighted by atomic mass is 10.1. The molecule has 0 saturated heterocycles. The van der Waals surface area contributed by atoms with Gasteiger partial charge in [-0.15, -0.1) is 0 Å². The molecule has 4 N–H and O–H groups in total. The molecule has 0 aliphatic heterocycles. The molecule has 0 aromatic carbocycles. The van der Waals surface area contributed by atoms with Gasteiger partial charge in [-0.25, -0.2) is 0 Å². The summed E-state index contributed by atoms with van der Waals surface area (Å²) in [4.78, 5) is 2.44. The number of hydrogen-bond donors (Lipinski definition) is 3. The van der Waals surface area contributed by atoms with Gasteiger partial charge in [0.15, 0.2) is 0 Å². The summed E-state index contributed by atoms with van der Waals surface area (Å²) in [5.41, 5.74) is 5.63. The fourth-order valence-corrected chi connectivity index (χ4v) is 2.12. The quantitative estimate of drug-likeness (QED) is 0.412. The topological polar surface area (TPSA) is 69.7 Å². The molecule has 0 amide bonds. The molecular formula is C14H32N2O2. The van der Waals surface area contributed by atoms with Crippen LogP contribution in [0, 0.1) is 0 Å². The molecule has 0 unspecified atom stereocenters. The van der Waals surface area contributed by atoms with E-state index in [1.54, 1.807) is 0 Å². The van der Waals surface area contributed by atoms with Crippen molar-refractivity contribution in [2.24, 2.45) is 5.73 Å². The molecule has 0 rings (SSSR count). The molecule has 0 aromatic rings. The summed E-state index contributed by atoms with van der Waals surface area (Å²) in [6.45, 7) is 4.60. The normalized spacial score (nSPS) is 11.3. The lowest BCUT2D eigenvalue weighted by molar-refractivity contribution is 0.255. The first-order valence-corrected chi connectivity index (χ1v) is 7.49. The summed E-state index contributed by atoms with van der Waals surface area (Å²) in [6.07, 6.45) is 8.93. The number of unbranched alkanes of at least 4 members (excludes halogenated alkanes) is 6. The summed E-state index contributed by atoms with van der Waals surface area (Å²) in [6, 6.07) is 0. The molecule has 0 aliphatic carbocycles. The Bertz CT molecular complexity index is 143. The minimum absolute atomic E-state index is 0.317. The lowest BCUT2D eigenvalue weighted by Gasteiger charge is -2.21. The number of hydrogen-bond acceptors (Lipinski definition) is 4. The lowest BCUT2D eigenvalue weighted by Crippen LogP contribution is -2.31. The number of nitrogens with two attached hydrogens (primary N) is 1. The van der Waals surface area contributed by atoms with Gasteiger partial charge < -0.3 is 20.8 Å². The predicted octanol–water partition coefficient (Wildman–Crippen LogP) is 1.35. The maximum atomic E-state index is 8.70. The Morgan fingerprint density at radius 3 is 1.44 bits per heavy atom. The Hall–Kier alpha value is -0.160. The van der Waals surface area contributed by atoms with Crippen molar-refractivity contribution in [2.75, 3.05) is 39.4 Å². The standard InChI is InChI=1S/C14H32N2O2/c15-9-12-16(10-5-1-3-7-13-17)11-6-2-4-8-14-18/h17-18H,1-15H2. The van der Waals surface area contributed by atoms with E-state index in [-0.39, 0.29) is 0 Å². The summed E-state index contributed by atoms with van der Waals surface area (Å²) >= 11 is 0. The van der Waals surface area contributed by atoms with Gasteiger partial charge >= 0.3 is 0 Å². The van der Waals surface area contributed by atoms with E-state index in [4.69, 9.17) is 15.9 Å². The molecule has 0 radical (unpaired) electrons. The highest BCUT2D eigenvalue weighted by molar-refractivity contribution is 4.59. The highest BCUT2D eigenvalue weighted by Crippen LogP contribution is 2.05. The maximum absolute atomic E-state index is 8.70. The van der Waals surface area contributed by atoms with Crippen LogP contribution >= 0.6 is 0 Å². The molecule has 18 heavy (non-hydrogen) atoms. The van der Waals surface area contributed by atoms with Crippen LogP contribution in [0.4, 0.5) is 0 Å². The highest BCUT2D eigenvalue weighted by atomic mass is 16.3. The summed E-state index contributed by atoms with van der Waals surface area (Å²) in [5, 5.41) is 17.4. The summed E-state index contributed by atoms with van der Waals surface area (Å²) < 4.78 is 0. The Labute approximate surface area is 112 Å². The Balaban J connectivity index is 3.45. The number of rotatable bonds is 14. The highest BCUT2D eigenvalue weighted by Gasteiger charge is 2.03. The molecular weight excluding hydrogens is 228 g/mol. The average molecular weight is 260 g/mol. The minimum Gasteiger partial charge on any atom is -0.396 e. The molecule has 0 aromatic heterocycles. The molecule has 0 spiro atoms. The molecule has 0 bridgehead atoms. The van der Waals surface area contributed by atoms with E-state index in [1.807, 2.05) is 0 Å². The van der Waals surface area contributed by atoms with E-state index in [9.17, 15) is 0 Å². The smallest absolute Gasteiger partial charge is 0.0431 e. The zero-order chi connectivity index (χ0) is 13.5. The van der Waals surface area contributed by atoms with Crippen LogP contribution in [-0.2, 0) is 0 Å². The Kier molecular flexibility index (Phi) is 14.8. The molecule has 4 heteroatoms. The van der Waals surface area contributed by atoms with Crippen LogP contribution in [0.2, 0.25) is 0 Å². The molecule has 4 nitrogen and oxygen atoms in total. The van der Waals surface area contributed by atoms with Crippen LogP contribution in [0.5, 0.6) is 0 Å². The summed E-state index contributed by atoms with van der Waals surface area (Å²) in [5.74, 6) is 0. The zero-order valence-corrected chi connectivity index (χ0v) is 11.8. The van der Waals surface area contributed by atoms with Gasteiger partial charge in [0.25, 0.3) is 0 Å². The van der Waals surface area contributed by atoms with E-state index in [2.05, 4.69) is 4.90 Å². The van der Waals surface area contributed by atoms with Crippen molar-refractivity contribution in [3.05, 3.63) is 0 Å². The van der Waals surface area contributed by atoms with Crippen molar-refractivity contribution in [3.63, 3.8) is 0 Å². The molecule has 0 aliphatic rings. The van der Waals surface area contributed by atoms with Crippen molar-refractivity contribution in [2.45, 2.75) is 51.4 Å². The van der Waals surface area contributed by atoms with Crippen molar-refractivity contribution in [1.29, 1.82) is 0 Å². The van der Waals surface area contributed by atoms with E-state index >= 15 is 0 Å². The SMILES string of the molecule is NCCN(CCCCCCO)CCCCCCO. The number of aliphatic hydroxyl groups is 2. The second kappa shape index (κ2) is 14.9. The van der Waals surface area contributed by atoms with E-state index in [0.717, 1.165) is 51.9 Å². The van der Waals surface area contributed by atoms with E-state index in [1.165, 1.54) is 25.7 Å². The van der Waals surface area contributed by atoms with Crippen LogP contribution in [0.15, 0.2) is 0 Å². The third-order valence-electron chi connectivity index (χ3n) is 3.21. The third-order valence-corrected chi connectivity index (χ3v) is 3.21. The van der Waals surface area contributed by atoms with Crippen LogP contribution in [0.1, 0.15) is 51.4 Å². The number of nitrogens with zero attached hydrogens (tertiary/aromatic N) is 1. The zero-order valence-electron chi connectivity index (χ0n) is 11.8. The first kappa shape index (κ1) is 17.8. The van der Waals surface area contributed by atoms with Gasteiger partial charge in [0, 0.05) is 26.3 Å². The second-order valence-electron chi connectivity index (χ2n) is 4.91. The third kappa shape index (κ3) is 12.3. The van der Waals surface area contributed by atoms with Gasteiger partial charge in [0.05, 0.1) is 0 Å². The largest absolute Gasteiger partial charge is 0.396 e. The van der Waals surface area contributed by atoms with Gasteiger partial charge in [0.1, 0.15) is 0 Å². The van der Waals surface area contributed by atoms with Gasteiger partial charge in [-0.3, -0.25) is 0 Å². The fourth-order valence-electron chi connectivity index (χ4n) is 2.12. The fraction of sp³-hybridized carbons (Fsp3) is 1.00. The second-order valence-corrected chi connectivity index (χ2v) is 4.91. The van der Waals surface area contributed by atoms with Crippen LogP contribution in [0.3, 0.4) is 0 Å². The molecule has 0 atom stereocenters. The first-order chi connectivity index (χ1) is 8.85. The molecule has 0 heterocycles. The van der Waals surface area contributed by atoms with Crippen molar-refractivity contribution in [1.82, 2.24) is 4.90 Å². The predicted molar refractivity (Wildman–Crippen MR) is 76.6 cm³/mol. The Morgan fingerprint density at radius 1 is 0.611 bits per heavy atom. The van der Waals surface area contributed by atoms with Crippen molar-refractivity contribution in [3.8, 4) is 0 Å². The van der Waals surface area contributed by atoms with E-state index in [0.29, 0.717) is 13.2 Å². The van der Waals surface area contributed by atoms with Gasteiger partial charge in [0.2, 0.25) is 0 Å². The van der Waals surface area contributed by atoms with Crippen LogP contribution in [-0.4, -0.2) is 54.5 Å². The van der Waals surface area contributed by atoms with Gasteiger partial charge in [-0.2, -0.15) is 0 Å². The molecule has 0 fully saturated rings. The van der Waals surface area contributed by atoms with Crippen molar-refractivity contribution < 1.29 is 10.2 Å². The van der Waals surface area contributed by atoms with Gasteiger partial charge in [-0.05, 0) is 38.8 Å². The van der Waals surface area contributed by atoms with E-state index < -0.39 is 0 Å². The van der Waals surface area contributed by atoms with Crippen molar-refractivity contribution >= 4 is 0 Å². The average Bonchev–Trinajstić information content (AvgIpc) is 2.38. The number of aliphatic hydroxyl groups excluding tert-OH is 2. The Morgan fingerprint density at radius 2 is 1.06 bits per heavy atom. The monoisotopic (exact) mass is 260 g/mol. The summed E-state index contributed by atoms with van der Waals surface area (Å²) in [7, 11) is 0. The molecule has 110 valence electrons. The maximum Gasteiger partial charge on any atom is 0.0431 e.